The molecule has 31 heavy (non-hydrogen) atoms. The first-order valence-corrected chi connectivity index (χ1v) is 10.3. The van der Waals surface area contributed by atoms with Crippen LogP contribution in [0.5, 0.6) is 0 Å². The van der Waals surface area contributed by atoms with Gasteiger partial charge in [-0.3, -0.25) is 19.4 Å². The summed E-state index contributed by atoms with van der Waals surface area (Å²) in [4.78, 5) is 44.4. The zero-order valence-corrected chi connectivity index (χ0v) is 18.0. The Hall–Kier alpha value is -3.42. The van der Waals surface area contributed by atoms with Crippen LogP contribution in [0.1, 0.15) is 41.8 Å². The van der Waals surface area contributed by atoms with Crippen molar-refractivity contribution in [2.24, 2.45) is 0 Å². The highest BCUT2D eigenvalue weighted by atomic mass is 16.4. The second-order valence-electron chi connectivity index (χ2n) is 8.06. The molecule has 0 bridgehead atoms. The summed E-state index contributed by atoms with van der Waals surface area (Å²) in [5, 5.41) is 12.3. The molecule has 0 saturated heterocycles. The van der Waals surface area contributed by atoms with E-state index in [0.29, 0.717) is 30.8 Å². The minimum atomic E-state index is -1.05. The molecule has 8 heteroatoms. The number of carbonyl (C=O) groups is 3. The van der Waals surface area contributed by atoms with Crippen LogP contribution in [-0.2, 0) is 22.6 Å². The number of likely N-dealkylation sites (N-methyl/N-ethyl adjacent to an activating group) is 1. The lowest BCUT2D eigenvalue weighted by Gasteiger charge is -2.27. The molecule has 0 saturated carbocycles. The van der Waals surface area contributed by atoms with Crippen molar-refractivity contribution in [1.82, 2.24) is 14.8 Å². The second-order valence-corrected chi connectivity index (χ2v) is 8.06. The van der Waals surface area contributed by atoms with Gasteiger partial charge >= 0.3 is 5.97 Å². The van der Waals surface area contributed by atoms with Crippen LogP contribution in [0.25, 0.3) is 0 Å². The van der Waals surface area contributed by atoms with Crippen molar-refractivity contribution < 1.29 is 19.5 Å². The van der Waals surface area contributed by atoms with Gasteiger partial charge in [-0.25, -0.2) is 0 Å². The molecule has 1 aliphatic rings. The van der Waals surface area contributed by atoms with Crippen molar-refractivity contribution in [2.45, 2.75) is 45.3 Å². The molecule has 164 valence electrons. The highest BCUT2D eigenvalue weighted by Gasteiger charge is 2.32. The van der Waals surface area contributed by atoms with Crippen molar-refractivity contribution in [3.63, 3.8) is 0 Å². The predicted octanol–water partition coefficient (Wildman–Crippen LogP) is 2.40. The summed E-state index contributed by atoms with van der Waals surface area (Å²) in [6.45, 7) is 4.71. The molecule has 2 aromatic rings. The van der Waals surface area contributed by atoms with Gasteiger partial charge in [0.15, 0.2) is 0 Å². The summed E-state index contributed by atoms with van der Waals surface area (Å²) < 4.78 is 0. The van der Waals surface area contributed by atoms with Crippen molar-refractivity contribution >= 4 is 23.5 Å². The molecule has 0 spiro atoms. The van der Waals surface area contributed by atoms with E-state index >= 15 is 0 Å². The lowest BCUT2D eigenvalue weighted by Crippen LogP contribution is -2.44. The maximum atomic E-state index is 12.9. The zero-order valence-electron chi connectivity index (χ0n) is 18.0. The van der Waals surface area contributed by atoms with Gasteiger partial charge in [0.05, 0.1) is 6.42 Å². The van der Waals surface area contributed by atoms with Crippen LogP contribution < -0.4 is 5.32 Å². The van der Waals surface area contributed by atoms with E-state index in [1.807, 2.05) is 32.0 Å². The summed E-state index contributed by atoms with van der Waals surface area (Å²) in [6.07, 6.45) is 3.84. The number of aromatic nitrogens is 1. The highest BCUT2D eigenvalue weighted by molar-refractivity contribution is 5.96. The van der Waals surface area contributed by atoms with Crippen molar-refractivity contribution in [1.29, 1.82) is 0 Å². The van der Waals surface area contributed by atoms with Crippen LogP contribution in [-0.4, -0.2) is 63.4 Å². The standard InChI is InChI=1S/C23H28N4O4/c1-15(2)27-14-18-5-4-17(12-19(18)25-20(23(27)31)13-21(28)29)22(30)26(3)11-8-16-6-9-24-10-7-16/h4-7,9-10,12,15,20,25H,8,11,13-14H2,1-3H3,(H,28,29). The van der Waals surface area contributed by atoms with E-state index in [9.17, 15) is 19.5 Å². The number of hydrogen-bond acceptors (Lipinski definition) is 5. The molecule has 1 unspecified atom stereocenters. The lowest BCUT2D eigenvalue weighted by molar-refractivity contribution is -0.142. The molecule has 2 N–H and O–H groups in total. The fraction of sp³-hybridized carbons (Fsp3) is 0.391. The molecule has 1 aliphatic heterocycles. The normalized spacial score (nSPS) is 15.8. The molecule has 3 rings (SSSR count). The largest absolute Gasteiger partial charge is 0.481 e. The van der Waals surface area contributed by atoms with Gasteiger partial charge in [0.2, 0.25) is 5.91 Å². The summed E-state index contributed by atoms with van der Waals surface area (Å²) in [6, 6.07) is 8.19. The van der Waals surface area contributed by atoms with Gasteiger partial charge in [-0.2, -0.15) is 0 Å². The molecule has 2 heterocycles. The van der Waals surface area contributed by atoms with Crippen LogP contribution in [0.4, 0.5) is 5.69 Å². The number of hydrogen-bond donors (Lipinski definition) is 2. The predicted molar refractivity (Wildman–Crippen MR) is 117 cm³/mol. The molecule has 0 radical (unpaired) electrons. The third kappa shape index (κ3) is 5.39. The van der Waals surface area contributed by atoms with Gasteiger partial charge in [0, 0.05) is 49.8 Å². The third-order valence-corrected chi connectivity index (χ3v) is 5.44. The molecular weight excluding hydrogens is 396 g/mol. The van der Waals surface area contributed by atoms with Crippen molar-refractivity contribution in [2.75, 3.05) is 18.9 Å². The van der Waals surface area contributed by atoms with Crippen LogP contribution in [0.2, 0.25) is 0 Å². The van der Waals surface area contributed by atoms with Gasteiger partial charge in [-0.05, 0) is 55.7 Å². The summed E-state index contributed by atoms with van der Waals surface area (Å²) in [5.74, 6) is -1.44. The summed E-state index contributed by atoms with van der Waals surface area (Å²) in [7, 11) is 1.75. The van der Waals surface area contributed by atoms with E-state index in [4.69, 9.17) is 0 Å². The molecular formula is C23H28N4O4. The number of nitrogens with zero attached hydrogens (tertiary/aromatic N) is 3. The number of benzene rings is 1. The fourth-order valence-electron chi connectivity index (χ4n) is 3.61. The first-order chi connectivity index (χ1) is 14.8. The molecule has 1 aromatic heterocycles. The third-order valence-electron chi connectivity index (χ3n) is 5.44. The Balaban J connectivity index is 1.80. The molecule has 0 aliphatic carbocycles. The Kier molecular flexibility index (Phi) is 6.89. The Bertz CT molecular complexity index is 961. The number of carbonyl (C=O) groups excluding carboxylic acids is 2. The maximum absolute atomic E-state index is 12.9. The van der Waals surface area contributed by atoms with Gasteiger partial charge in [-0.1, -0.05) is 6.07 Å². The minimum Gasteiger partial charge on any atom is -0.481 e. The Morgan fingerprint density at radius 3 is 2.61 bits per heavy atom. The number of anilines is 1. The van der Waals surface area contributed by atoms with Crippen molar-refractivity contribution in [3.05, 3.63) is 59.4 Å². The maximum Gasteiger partial charge on any atom is 0.305 e. The average Bonchev–Trinajstić information content (AvgIpc) is 2.88. The number of amides is 2. The van der Waals surface area contributed by atoms with E-state index in [0.717, 1.165) is 11.1 Å². The number of rotatable bonds is 7. The molecule has 0 fully saturated rings. The van der Waals surface area contributed by atoms with Gasteiger partial charge in [-0.15, -0.1) is 0 Å². The number of nitrogens with one attached hydrogen (secondary N) is 1. The van der Waals surface area contributed by atoms with E-state index in [-0.39, 0.29) is 24.3 Å². The Morgan fingerprint density at radius 1 is 1.26 bits per heavy atom. The first kappa shape index (κ1) is 22.3. The summed E-state index contributed by atoms with van der Waals surface area (Å²) in [5.41, 5.74) is 3.06. The van der Waals surface area contributed by atoms with Crippen LogP contribution >= 0.6 is 0 Å². The molecule has 1 aromatic carbocycles. The highest BCUT2D eigenvalue weighted by Crippen LogP contribution is 2.27. The lowest BCUT2D eigenvalue weighted by atomic mass is 10.1. The second kappa shape index (κ2) is 9.59. The zero-order chi connectivity index (χ0) is 22.5. The fourth-order valence-corrected chi connectivity index (χ4v) is 3.61. The SMILES string of the molecule is CC(C)N1Cc2ccc(C(=O)N(C)CCc3ccncc3)cc2NC(CC(=O)O)C1=O. The Labute approximate surface area is 181 Å². The van der Waals surface area contributed by atoms with E-state index in [2.05, 4.69) is 10.3 Å². The molecule has 2 amide bonds. The van der Waals surface area contributed by atoms with E-state index in [1.165, 1.54) is 0 Å². The van der Waals surface area contributed by atoms with Gasteiger partial charge in [0.25, 0.3) is 5.91 Å². The number of fused-ring (bicyclic) bond motifs is 1. The Morgan fingerprint density at radius 2 is 1.97 bits per heavy atom. The summed E-state index contributed by atoms with van der Waals surface area (Å²) >= 11 is 0. The number of carboxylic acids is 1. The number of carboxylic acid groups (broad SMARTS) is 1. The quantitative estimate of drug-likeness (QED) is 0.708. The monoisotopic (exact) mass is 424 g/mol. The van der Waals surface area contributed by atoms with Crippen LogP contribution in [0.15, 0.2) is 42.7 Å². The molecule has 8 nitrogen and oxygen atoms in total. The van der Waals surface area contributed by atoms with E-state index < -0.39 is 12.0 Å². The average molecular weight is 425 g/mol. The first-order valence-electron chi connectivity index (χ1n) is 10.3. The van der Waals surface area contributed by atoms with Crippen LogP contribution in [0.3, 0.4) is 0 Å². The van der Waals surface area contributed by atoms with E-state index in [1.54, 1.807) is 41.4 Å². The van der Waals surface area contributed by atoms with Gasteiger partial charge in [0.1, 0.15) is 6.04 Å². The smallest absolute Gasteiger partial charge is 0.305 e. The number of pyridine rings is 1. The number of aliphatic carboxylic acids is 1. The van der Waals surface area contributed by atoms with Crippen LogP contribution in [0, 0.1) is 0 Å². The topological polar surface area (TPSA) is 103 Å². The molecule has 1 atom stereocenters. The van der Waals surface area contributed by atoms with Crippen molar-refractivity contribution in [3.8, 4) is 0 Å². The van der Waals surface area contributed by atoms with Gasteiger partial charge < -0.3 is 20.2 Å². The minimum absolute atomic E-state index is 0.0721.